The summed E-state index contributed by atoms with van der Waals surface area (Å²) in [5.41, 5.74) is 15.4. The molecule has 0 saturated heterocycles. The molecule has 7 aromatic rings. The third kappa shape index (κ3) is 6.59. The highest BCUT2D eigenvalue weighted by molar-refractivity contribution is 5.81. The van der Waals surface area contributed by atoms with Gasteiger partial charge in [0.15, 0.2) is 0 Å². The Morgan fingerprint density at radius 3 is 0.957 bits per heavy atom. The van der Waals surface area contributed by atoms with Crippen LogP contribution < -0.4 is 9.80 Å². The summed E-state index contributed by atoms with van der Waals surface area (Å²) in [6.07, 6.45) is 0. The van der Waals surface area contributed by atoms with E-state index in [2.05, 4.69) is 206 Å². The van der Waals surface area contributed by atoms with Crippen LogP contribution in [-0.2, 0) is 0 Å². The number of para-hydroxylation sites is 1. The molecule has 0 aliphatic rings. The molecule has 0 aromatic heterocycles. The second-order valence-electron chi connectivity index (χ2n) is 12.2. The molecular formula is C45H38N2. The van der Waals surface area contributed by atoms with Gasteiger partial charge in [0.2, 0.25) is 0 Å². The van der Waals surface area contributed by atoms with Crippen LogP contribution in [0.5, 0.6) is 0 Å². The van der Waals surface area contributed by atoms with Gasteiger partial charge in [-0.25, -0.2) is 0 Å². The summed E-state index contributed by atoms with van der Waals surface area (Å²) in [6, 6.07) is 63.3. The zero-order chi connectivity index (χ0) is 32.2. The summed E-state index contributed by atoms with van der Waals surface area (Å²) in [5.74, 6) is 0. The van der Waals surface area contributed by atoms with Crippen molar-refractivity contribution in [3.05, 3.63) is 193 Å². The molecule has 2 heteroatoms. The highest BCUT2D eigenvalue weighted by Crippen LogP contribution is 2.38. The Morgan fingerprint density at radius 1 is 0.255 bits per heavy atom. The summed E-state index contributed by atoms with van der Waals surface area (Å²) in [5, 5.41) is 0. The standard InChI is InChI=1S/C45H38N2/c1-33-15-17-36(18-16-33)37-19-25-41(26-20-37)46(40-11-5-4-6-12-40)42-27-21-38(22-28-42)39-23-29-43(30-24-39)47(44-13-7-9-34(2)31-44)45-14-8-10-35(3)32-45/h4-32H,1-3H3. The van der Waals surface area contributed by atoms with E-state index >= 15 is 0 Å². The fraction of sp³-hybridized carbons (Fsp3) is 0.0667. The first-order chi connectivity index (χ1) is 23.0. The first-order valence-corrected chi connectivity index (χ1v) is 16.2. The summed E-state index contributed by atoms with van der Waals surface area (Å²) in [7, 11) is 0. The van der Waals surface area contributed by atoms with Crippen molar-refractivity contribution in [3.63, 3.8) is 0 Å². The second-order valence-corrected chi connectivity index (χ2v) is 12.2. The van der Waals surface area contributed by atoms with Crippen molar-refractivity contribution >= 4 is 34.1 Å². The molecule has 0 aliphatic carbocycles. The number of rotatable bonds is 8. The predicted molar refractivity (Wildman–Crippen MR) is 201 cm³/mol. The van der Waals surface area contributed by atoms with Crippen LogP contribution in [0.25, 0.3) is 22.3 Å². The highest BCUT2D eigenvalue weighted by Gasteiger charge is 2.15. The molecular weight excluding hydrogens is 569 g/mol. The first-order valence-electron chi connectivity index (χ1n) is 16.2. The van der Waals surface area contributed by atoms with E-state index in [0.717, 1.165) is 34.1 Å². The fourth-order valence-corrected chi connectivity index (χ4v) is 6.16. The van der Waals surface area contributed by atoms with Gasteiger partial charge >= 0.3 is 0 Å². The van der Waals surface area contributed by atoms with Crippen molar-refractivity contribution in [2.45, 2.75) is 20.8 Å². The summed E-state index contributed by atoms with van der Waals surface area (Å²) < 4.78 is 0. The Morgan fingerprint density at radius 2 is 0.574 bits per heavy atom. The van der Waals surface area contributed by atoms with Crippen molar-refractivity contribution in [2.75, 3.05) is 9.80 Å². The van der Waals surface area contributed by atoms with Crippen LogP contribution in [0.4, 0.5) is 34.1 Å². The Balaban J connectivity index is 1.18. The fourth-order valence-electron chi connectivity index (χ4n) is 6.16. The lowest BCUT2D eigenvalue weighted by Crippen LogP contribution is -2.10. The quantitative estimate of drug-likeness (QED) is 0.170. The van der Waals surface area contributed by atoms with E-state index in [1.54, 1.807) is 0 Å². The molecule has 7 rings (SSSR count). The van der Waals surface area contributed by atoms with Crippen molar-refractivity contribution in [1.82, 2.24) is 0 Å². The van der Waals surface area contributed by atoms with Gasteiger partial charge in [-0.1, -0.05) is 109 Å². The van der Waals surface area contributed by atoms with E-state index in [9.17, 15) is 0 Å². The van der Waals surface area contributed by atoms with Crippen LogP contribution in [0.3, 0.4) is 0 Å². The van der Waals surface area contributed by atoms with Crippen molar-refractivity contribution < 1.29 is 0 Å². The predicted octanol–water partition coefficient (Wildman–Crippen LogP) is 12.9. The second kappa shape index (κ2) is 13.2. The van der Waals surface area contributed by atoms with Gasteiger partial charge in [0.1, 0.15) is 0 Å². The molecule has 7 aromatic carbocycles. The third-order valence-corrected chi connectivity index (χ3v) is 8.63. The molecule has 0 fully saturated rings. The number of nitrogens with zero attached hydrogens (tertiary/aromatic N) is 2. The zero-order valence-electron chi connectivity index (χ0n) is 27.1. The first kappa shape index (κ1) is 29.8. The van der Waals surface area contributed by atoms with E-state index in [1.807, 2.05) is 0 Å². The van der Waals surface area contributed by atoms with Gasteiger partial charge in [-0.3, -0.25) is 0 Å². The van der Waals surface area contributed by atoms with Crippen LogP contribution >= 0.6 is 0 Å². The highest BCUT2D eigenvalue weighted by atomic mass is 15.1. The maximum Gasteiger partial charge on any atom is 0.0464 e. The molecule has 0 saturated carbocycles. The van der Waals surface area contributed by atoms with Gasteiger partial charge < -0.3 is 9.80 Å². The van der Waals surface area contributed by atoms with Crippen LogP contribution in [0.15, 0.2) is 176 Å². The van der Waals surface area contributed by atoms with Crippen LogP contribution in [-0.4, -0.2) is 0 Å². The summed E-state index contributed by atoms with van der Waals surface area (Å²) in [6.45, 7) is 6.41. The summed E-state index contributed by atoms with van der Waals surface area (Å²) in [4.78, 5) is 4.64. The van der Waals surface area contributed by atoms with Crippen molar-refractivity contribution in [3.8, 4) is 22.3 Å². The minimum absolute atomic E-state index is 1.12. The molecule has 0 atom stereocenters. The average molecular weight is 607 g/mol. The largest absolute Gasteiger partial charge is 0.311 e. The summed E-state index contributed by atoms with van der Waals surface area (Å²) >= 11 is 0. The van der Waals surface area contributed by atoms with Gasteiger partial charge in [0.25, 0.3) is 0 Å². The van der Waals surface area contributed by atoms with Gasteiger partial charge in [-0.15, -0.1) is 0 Å². The minimum Gasteiger partial charge on any atom is -0.311 e. The Labute approximate surface area is 278 Å². The molecule has 0 radical (unpaired) electrons. The SMILES string of the molecule is Cc1ccc(-c2ccc(N(c3ccccc3)c3ccc(-c4ccc(N(c5cccc(C)c5)c5cccc(C)c5)cc4)cc3)cc2)cc1. The van der Waals surface area contributed by atoms with E-state index in [4.69, 9.17) is 0 Å². The third-order valence-electron chi connectivity index (χ3n) is 8.63. The number of aryl methyl sites for hydroxylation is 3. The van der Waals surface area contributed by atoms with Gasteiger partial charge in [0.05, 0.1) is 0 Å². The van der Waals surface area contributed by atoms with Gasteiger partial charge in [-0.2, -0.15) is 0 Å². The molecule has 0 bridgehead atoms. The molecule has 0 unspecified atom stereocenters. The Hall–Kier alpha value is -5.86. The number of hydrogen-bond donors (Lipinski definition) is 0. The van der Waals surface area contributed by atoms with Crippen molar-refractivity contribution in [2.24, 2.45) is 0 Å². The van der Waals surface area contributed by atoms with Crippen LogP contribution in [0.1, 0.15) is 16.7 Å². The lowest BCUT2D eigenvalue weighted by atomic mass is 10.0. The van der Waals surface area contributed by atoms with E-state index in [1.165, 1.54) is 38.9 Å². The number of hydrogen-bond acceptors (Lipinski definition) is 2. The van der Waals surface area contributed by atoms with E-state index < -0.39 is 0 Å². The molecule has 47 heavy (non-hydrogen) atoms. The lowest BCUT2D eigenvalue weighted by Gasteiger charge is -2.26. The van der Waals surface area contributed by atoms with E-state index in [-0.39, 0.29) is 0 Å². The van der Waals surface area contributed by atoms with E-state index in [0.29, 0.717) is 0 Å². The smallest absolute Gasteiger partial charge is 0.0464 e. The van der Waals surface area contributed by atoms with Gasteiger partial charge in [0, 0.05) is 34.1 Å². The average Bonchev–Trinajstić information content (AvgIpc) is 3.11. The maximum absolute atomic E-state index is 2.33. The number of anilines is 6. The van der Waals surface area contributed by atoms with Gasteiger partial charge in [-0.05, 0) is 127 Å². The molecule has 0 spiro atoms. The maximum atomic E-state index is 2.33. The molecule has 0 aliphatic heterocycles. The van der Waals surface area contributed by atoms with Crippen LogP contribution in [0, 0.1) is 20.8 Å². The molecule has 2 nitrogen and oxygen atoms in total. The molecule has 228 valence electrons. The monoisotopic (exact) mass is 606 g/mol. The molecule has 0 amide bonds. The lowest BCUT2D eigenvalue weighted by molar-refractivity contribution is 1.26. The van der Waals surface area contributed by atoms with Crippen LogP contribution in [0.2, 0.25) is 0 Å². The van der Waals surface area contributed by atoms with Crippen molar-refractivity contribution in [1.29, 1.82) is 0 Å². The Bertz CT molecular complexity index is 2030. The Kier molecular flexibility index (Phi) is 8.41. The minimum atomic E-state index is 1.12. The zero-order valence-corrected chi connectivity index (χ0v) is 27.1. The normalized spacial score (nSPS) is 10.9. The topological polar surface area (TPSA) is 6.48 Å². The number of benzene rings is 7. The molecule has 0 N–H and O–H groups in total. The molecule has 0 heterocycles.